The first kappa shape index (κ1) is 31.6. The van der Waals surface area contributed by atoms with Crippen LogP contribution >= 0.6 is 0 Å². The highest BCUT2D eigenvalue weighted by Gasteiger charge is 2.39. The van der Waals surface area contributed by atoms with Crippen molar-refractivity contribution in [3.8, 4) is 11.1 Å². The Hall–Kier alpha value is -3.38. The zero-order valence-electron chi connectivity index (χ0n) is 25.7. The summed E-state index contributed by atoms with van der Waals surface area (Å²) in [6.45, 7) is 15.3. The number of anilines is 1. The molecule has 1 fully saturated rings. The Labute approximate surface area is 247 Å². The molecule has 0 spiro atoms. The number of hydrogen-bond donors (Lipinski definition) is 2. The van der Waals surface area contributed by atoms with E-state index in [1.165, 1.54) is 0 Å². The third-order valence-electron chi connectivity index (χ3n) is 8.19. The summed E-state index contributed by atoms with van der Waals surface area (Å²) in [5, 5.41) is 11.2. The lowest BCUT2D eigenvalue weighted by Crippen LogP contribution is -2.31. The molecule has 3 aromatic heterocycles. The maximum atomic E-state index is 15.5. The molecular formula is C30H43FN6O4Si. The van der Waals surface area contributed by atoms with Gasteiger partial charge in [-0.1, -0.05) is 44.6 Å². The van der Waals surface area contributed by atoms with Crippen LogP contribution in [0.5, 0.6) is 0 Å². The van der Waals surface area contributed by atoms with Crippen LogP contribution in [0.3, 0.4) is 0 Å². The number of nitrogens with two attached hydrogens (primary N) is 1. The number of nitrogens with one attached hydrogen (secondary N) is 1. The summed E-state index contributed by atoms with van der Waals surface area (Å²) in [5.74, 6) is -2.00. The predicted molar refractivity (Wildman–Crippen MR) is 161 cm³/mol. The van der Waals surface area contributed by atoms with Crippen molar-refractivity contribution in [2.24, 2.45) is 17.6 Å². The smallest absolute Gasteiger partial charge is 0.254 e. The normalized spacial score (nSPS) is 18.2. The van der Waals surface area contributed by atoms with Gasteiger partial charge >= 0.3 is 0 Å². The van der Waals surface area contributed by atoms with Crippen LogP contribution in [0.1, 0.15) is 71.7 Å². The van der Waals surface area contributed by atoms with Crippen molar-refractivity contribution in [1.82, 2.24) is 19.9 Å². The minimum Gasteiger partial charge on any atom is -0.365 e. The van der Waals surface area contributed by atoms with Gasteiger partial charge < -0.3 is 20.3 Å². The number of rotatable bonds is 11. The summed E-state index contributed by atoms with van der Waals surface area (Å²) in [5.41, 5.74) is 8.44. The third kappa shape index (κ3) is 7.15. The lowest BCUT2D eigenvalue weighted by molar-refractivity contribution is -0.119. The summed E-state index contributed by atoms with van der Waals surface area (Å²) < 4.78 is 28.6. The molecule has 2 amide bonds. The number of pyridine rings is 1. The Morgan fingerprint density at radius 3 is 2.48 bits per heavy atom. The second-order valence-corrected chi connectivity index (χ2v) is 18.4. The van der Waals surface area contributed by atoms with Crippen LogP contribution in [0, 0.1) is 38.6 Å². The second-order valence-electron chi connectivity index (χ2n) is 12.8. The highest BCUT2D eigenvalue weighted by atomic mass is 28.3. The SMILES string of the molecule is Cc1noc([C@@H](C(=O)Nc2ccc(-c3c(C)nn(COCC[Si](C)(C)C)c3C)c(F)n2)C2CCC(C)CC2)c1C(N)=O. The molecule has 12 heteroatoms. The van der Waals surface area contributed by atoms with E-state index in [0.29, 0.717) is 29.5 Å². The first-order chi connectivity index (χ1) is 19.8. The molecule has 3 heterocycles. The van der Waals surface area contributed by atoms with E-state index < -0.39 is 31.8 Å². The second kappa shape index (κ2) is 12.9. The molecule has 0 saturated heterocycles. The Morgan fingerprint density at radius 1 is 1.17 bits per heavy atom. The molecule has 0 unspecified atom stereocenters. The van der Waals surface area contributed by atoms with E-state index in [-0.39, 0.29) is 35.4 Å². The number of nitrogens with zero attached hydrogens (tertiary/aromatic N) is 4. The standard InChI is InChI=1S/C30H43FN6O4Si/c1-17-8-10-21(11-9-17)26(27-25(29(32)38)19(3)36-41-27)30(39)34-23-13-12-22(28(31)33-23)24-18(2)35-37(20(24)4)16-40-14-15-42(5,6)7/h12-13,17,21,26H,8-11,14-16H2,1-7H3,(H2,32,38)(H,33,34,39)/t17?,21?,26-/m0/s1. The molecule has 0 radical (unpaired) electrons. The predicted octanol–water partition coefficient (Wildman–Crippen LogP) is 5.96. The molecule has 42 heavy (non-hydrogen) atoms. The van der Waals surface area contributed by atoms with Crippen LogP contribution < -0.4 is 11.1 Å². The summed E-state index contributed by atoms with van der Waals surface area (Å²) in [7, 11) is -1.21. The lowest BCUT2D eigenvalue weighted by Gasteiger charge is -2.31. The lowest BCUT2D eigenvalue weighted by atomic mass is 9.74. The van der Waals surface area contributed by atoms with E-state index in [2.05, 4.69) is 47.1 Å². The Balaban J connectivity index is 1.55. The van der Waals surface area contributed by atoms with Crippen LogP contribution in [-0.2, 0) is 16.3 Å². The summed E-state index contributed by atoms with van der Waals surface area (Å²) in [6.07, 6.45) is 3.46. The Morgan fingerprint density at radius 2 is 1.86 bits per heavy atom. The van der Waals surface area contributed by atoms with Crippen molar-refractivity contribution in [3.63, 3.8) is 0 Å². The van der Waals surface area contributed by atoms with E-state index >= 15 is 4.39 Å². The van der Waals surface area contributed by atoms with E-state index in [1.807, 2.05) is 13.8 Å². The number of primary amides is 1. The quantitative estimate of drug-likeness (QED) is 0.158. The first-order valence-electron chi connectivity index (χ1n) is 14.6. The number of aryl methyl sites for hydroxylation is 2. The molecule has 3 N–H and O–H groups in total. The molecule has 1 aliphatic rings. The van der Waals surface area contributed by atoms with E-state index in [1.54, 1.807) is 23.7 Å². The maximum Gasteiger partial charge on any atom is 0.254 e. The highest BCUT2D eigenvalue weighted by molar-refractivity contribution is 6.76. The Bertz CT molecular complexity index is 1440. The molecule has 0 aromatic carbocycles. The number of ether oxygens (including phenoxy) is 1. The Kier molecular flexibility index (Phi) is 9.66. The van der Waals surface area contributed by atoms with Crippen molar-refractivity contribution in [2.45, 2.75) is 91.7 Å². The molecule has 3 aromatic rings. The van der Waals surface area contributed by atoms with E-state index in [4.69, 9.17) is 15.0 Å². The molecule has 1 saturated carbocycles. The molecular weight excluding hydrogens is 555 g/mol. The largest absolute Gasteiger partial charge is 0.365 e. The summed E-state index contributed by atoms with van der Waals surface area (Å²) in [6, 6.07) is 4.21. The summed E-state index contributed by atoms with van der Waals surface area (Å²) in [4.78, 5) is 30.0. The fourth-order valence-corrected chi connectivity index (χ4v) is 6.46. The van der Waals surface area contributed by atoms with E-state index in [0.717, 1.165) is 37.4 Å². The van der Waals surface area contributed by atoms with Gasteiger partial charge in [0, 0.05) is 31.5 Å². The van der Waals surface area contributed by atoms with Crippen molar-refractivity contribution < 1.29 is 23.2 Å². The number of amides is 2. The molecule has 0 bridgehead atoms. The average Bonchev–Trinajstić information content (AvgIpc) is 3.41. The van der Waals surface area contributed by atoms with Gasteiger partial charge in [0.2, 0.25) is 11.9 Å². The molecule has 228 valence electrons. The molecule has 1 aliphatic carbocycles. The van der Waals surface area contributed by atoms with Gasteiger partial charge in [0.25, 0.3) is 5.91 Å². The molecule has 0 aliphatic heterocycles. The van der Waals surface area contributed by atoms with Crippen molar-refractivity contribution in [1.29, 1.82) is 0 Å². The van der Waals surface area contributed by atoms with Crippen molar-refractivity contribution in [3.05, 3.63) is 46.5 Å². The fraction of sp³-hybridized carbons (Fsp3) is 0.567. The topological polar surface area (TPSA) is 138 Å². The van der Waals surface area contributed by atoms with Gasteiger partial charge in [-0.25, -0.2) is 9.67 Å². The first-order valence-corrected chi connectivity index (χ1v) is 18.3. The van der Waals surface area contributed by atoms with E-state index in [9.17, 15) is 9.59 Å². The van der Waals surface area contributed by atoms with Gasteiger partial charge in [0.15, 0.2) is 5.76 Å². The van der Waals surface area contributed by atoms with Gasteiger partial charge in [0.1, 0.15) is 24.0 Å². The molecule has 4 rings (SSSR count). The minimum atomic E-state index is -1.21. The molecule has 10 nitrogen and oxygen atoms in total. The van der Waals surface area contributed by atoms with Gasteiger partial charge in [-0.2, -0.15) is 9.49 Å². The average molecular weight is 599 g/mol. The van der Waals surface area contributed by atoms with Gasteiger partial charge in [-0.15, -0.1) is 0 Å². The zero-order valence-corrected chi connectivity index (χ0v) is 26.7. The fourth-order valence-electron chi connectivity index (χ4n) is 5.70. The van der Waals surface area contributed by atoms with Crippen LogP contribution in [0.2, 0.25) is 25.7 Å². The molecule has 1 atom stereocenters. The number of hydrogen-bond acceptors (Lipinski definition) is 7. The van der Waals surface area contributed by atoms with Gasteiger partial charge in [-0.3, -0.25) is 9.59 Å². The van der Waals surface area contributed by atoms with Crippen LogP contribution in [0.4, 0.5) is 10.2 Å². The van der Waals surface area contributed by atoms with Crippen molar-refractivity contribution >= 4 is 25.7 Å². The van der Waals surface area contributed by atoms with Crippen LogP contribution in [-0.4, -0.2) is 46.4 Å². The number of aromatic nitrogens is 4. The van der Waals surface area contributed by atoms with Gasteiger partial charge in [0.05, 0.1) is 11.4 Å². The maximum absolute atomic E-state index is 15.5. The monoisotopic (exact) mass is 598 g/mol. The van der Waals surface area contributed by atoms with Gasteiger partial charge in [-0.05, 0) is 63.6 Å². The van der Waals surface area contributed by atoms with Crippen LogP contribution in [0.25, 0.3) is 11.1 Å². The van der Waals surface area contributed by atoms with Crippen molar-refractivity contribution in [2.75, 3.05) is 11.9 Å². The van der Waals surface area contributed by atoms with Crippen LogP contribution in [0.15, 0.2) is 16.7 Å². The number of carbonyl (C=O) groups is 2. The highest BCUT2D eigenvalue weighted by Crippen LogP contribution is 2.40. The third-order valence-corrected chi connectivity index (χ3v) is 9.90. The number of halogens is 1. The zero-order chi connectivity index (χ0) is 30.8. The summed E-state index contributed by atoms with van der Waals surface area (Å²) >= 11 is 0. The minimum absolute atomic E-state index is 0.0599. The number of carbonyl (C=O) groups excluding carboxylic acids is 2.